The highest BCUT2D eigenvalue weighted by Crippen LogP contribution is 2.35. The second-order valence-electron chi connectivity index (χ2n) is 4.53. The average Bonchev–Trinajstić information content (AvgIpc) is 2.36. The first kappa shape index (κ1) is 16.8. The molecule has 0 aromatic heterocycles. The number of benzene rings is 1. The molecule has 112 valence electrons. The van der Waals surface area contributed by atoms with Gasteiger partial charge in [0.15, 0.2) is 0 Å². The molecule has 1 unspecified atom stereocenters. The molecule has 0 aliphatic heterocycles. The third kappa shape index (κ3) is 4.13. The van der Waals surface area contributed by atoms with E-state index in [2.05, 4.69) is 5.32 Å². The number of halogens is 4. The standard InChI is InChI=1S/C14H17ClF3NO/c1-3-6-9(4-2)19-13(20)12-10(14(16,17)18)7-5-8-11(12)15/h5,7-9H,3-4,6H2,1-2H3,(H,19,20). The summed E-state index contributed by atoms with van der Waals surface area (Å²) in [5.74, 6) is -0.775. The predicted molar refractivity (Wildman–Crippen MR) is 72.9 cm³/mol. The van der Waals surface area contributed by atoms with Crippen LogP contribution in [0.4, 0.5) is 13.2 Å². The lowest BCUT2D eigenvalue weighted by Crippen LogP contribution is -2.35. The van der Waals surface area contributed by atoms with E-state index in [0.29, 0.717) is 12.8 Å². The highest BCUT2D eigenvalue weighted by molar-refractivity contribution is 6.34. The van der Waals surface area contributed by atoms with E-state index in [1.165, 1.54) is 12.1 Å². The molecule has 1 atom stereocenters. The molecule has 1 rings (SSSR count). The van der Waals surface area contributed by atoms with Gasteiger partial charge >= 0.3 is 6.18 Å². The van der Waals surface area contributed by atoms with Crippen molar-refractivity contribution in [1.82, 2.24) is 5.32 Å². The van der Waals surface area contributed by atoms with Gasteiger partial charge in [-0.05, 0) is 25.0 Å². The minimum absolute atomic E-state index is 0.148. The molecular formula is C14H17ClF3NO. The Balaban J connectivity index is 3.09. The van der Waals surface area contributed by atoms with Crippen molar-refractivity contribution in [2.24, 2.45) is 0 Å². The van der Waals surface area contributed by atoms with Gasteiger partial charge in [0.1, 0.15) is 0 Å². The van der Waals surface area contributed by atoms with Crippen molar-refractivity contribution in [3.8, 4) is 0 Å². The second kappa shape index (κ2) is 6.97. The van der Waals surface area contributed by atoms with E-state index in [1.807, 2.05) is 13.8 Å². The molecule has 0 heterocycles. The van der Waals surface area contributed by atoms with E-state index in [4.69, 9.17) is 11.6 Å². The molecule has 2 nitrogen and oxygen atoms in total. The molecular weight excluding hydrogens is 291 g/mol. The number of hydrogen-bond acceptors (Lipinski definition) is 1. The van der Waals surface area contributed by atoms with Crippen LogP contribution in [-0.2, 0) is 6.18 Å². The Morgan fingerprint density at radius 2 is 2.00 bits per heavy atom. The monoisotopic (exact) mass is 307 g/mol. The van der Waals surface area contributed by atoms with Crippen molar-refractivity contribution >= 4 is 17.5 Å². The fourth-order valence-corrected chi connectivity index (χ4v) is 2.24. The Labute approximate surface area is 121 Å². The van der Waals surface area contributed by atoms with Gasteiger partial charge in [-0.15, -0.1) is 0 Å². The summed E-state index contributed by atoms with van der Waals surface area (Å²) < 4.78 is 38.8. The van der Waals surface area contributed by atoms with Gasteiger partial charge in [-0.3, -0.25) is 4.79 Å². The van der Waals surface area contributed by atoms with E-state index in [-0.39, 0.29) is 11.1 Å². The van der Waals surface area contributed by atoms with E-state index in [1.54, 1.807) is 0 Å². The normalized spacial score (nSPS) is 13.1. The van der Waals surface area contributed by atoms with Crippen LogP contribution >= 0.6 is 11.6 Å². The van der Waals surface area contributed by atoms with Crippen LogP contribution in [0.5, 0.6) is 0 Å². The van der Waals surface area contributed by atoms with Crippen LogP contribution in [-0.4, -0.2) is 11.9 Å². The van der Waals surface area contributed by atoms with Gasteiger partial charge < -0.3 is 5.32 Å². The largest absolute Gasteiger partial charge is 0.417 e. The summed E-state index contributed by atoms with van der Waals surface area (Å²) in [6, 6.07) is 3.18. The molecule has 0 saturated heterocycles. The lowest BCUT2D eigenvalue weighted by atomic mass is 10.0. The summed E-state index contributed by atoms with van der Waals surface area (Å²) in [6.45, 7) is 3.82. The minimum Gasteiger partial charge on any atom is -0.349 e. The first-order chi connectivity index (χ1) is 9.31. The van der Waals surface area contributed by atoms with Crippen molar-refractivity contribution in [3.63, 3.8) is 0 Å². The quantitative estimate of drug-likeness (QED) is 0.841. The zero-order chi connectivity index (χ0) is 15.3. The number of carbonyl (C=O) groups is 1. The number of rotatable bonds is 5. The van der Waals surface area contributed by atoms with Crippen molar-refractivity contribution in [2.75, 3.05) is 0 Å². The number of amides is 1. The molecule has 1 aromatic carbocycles. The number of hydrogen-bond donors (Lipinski definition) is 1. The van der Waals surface area contributed by atoms with Crippen LogP contribution in [0, 0.1) is 0 Å². The van der Waals surface area contributed by atoms with Gasteiger partial charge in [0.05, 0.1) is 16.1 Å². The Bertz CT molecular complexity index is 474. The number of nitrogens with one attached hydrogen (secondary N) is 1. The van der Waals surface area contributed by atoms with Gasteiger partial charge in [0, 0.05) is 6.04 Å². The predicted octanol–water partition coefficient (Wildman–Crippen LogP) is 4.67. The van der Waals surface area contributed by atoms with Crippen molar-refractivity contribution < 1.29 is 18.0 Å². The van der Waals surface area contributed by atoms with Crippen LogP contribution in [0.1, 0.15) is 49.0 Å². The summed E-state index contributed by atoms with van der Waals surface area (Å²) >= 11 is 5.77. The zero-order valence-corrected chi connectivity index (χ0v) is 12.1. The molecule has 0 aliphatic carbocycles. The lowest BCUT2D eigenvalue weighted by molar-refractivity contribution is -0.137. The van der Waals surface area contributed by atoms with Crippen LogP contribution < -0.4 is 5.32 Å². The van der Waals surface area contributed by atoms with Crippen molar-refractivity contribution in [3.05, 3.63) is 34.3 Å². The molecule has 0 fully saturated rings. The summed E-state index contributed by atoms with van der Waals surface area (Å²) in [5.41, 5.74) is -1.51. The average molecular weight is 308 g/mol. The first-order valence-corrected chi connectivity index (χ1v) is 6.85. The Hall–Kier alpha value is -1.23. The van der Waals surface area contributed by atoms with Gasteiger partial charge in [-0.1, -0.05) is 37.9 Å². The van der Waals surface area contributed by atoms with Gasteiger partial charge in [0.25, 0.3) is 5.91 Å². The second-order valence-corrected chi connectivity index (χ2v) is 4.93. The molecule has 0 saturated carbocycles. The summed E-state index contributed by atoms with van der Waals surface area (Å²) in [6.07, 6.45) is -2.39. The van der Waals surface area contributed by atoms with Crippen LogP contribution in [0.2, 0.25) is 5.02 Å². The smallest absolute Gasteiger partial charge is 0.349 e. The van der Waals surface area contributed by atoms with Gasteiger partial charge in [-0.2, -0.15) is 13.2 Å². The van der Waals surface area contributed by atoms with E-state index >= 15 is 0 Å². The zero-order valence-electron chi connectivity index (χ0n) is 11.4. The Morgan fingerprint density at radius 1 is 1.35 bits per heavy atom. The van der Waals surface area contributed by atoms with Gasteiger partial charge in [0.2, 0.25) is 0 Å². The SMILES string of the molecule is CCCC(CC)NC(=O)c1c(Cl)cccc1C(F)(F)F. The Morgan fingerprint density at radius 3 is 2.50 bits per heavy atom. The molecule has 0 bridgehead atoms. The van der Waals surface area contributed by atoms with Crippen molar-refractivity contribution in [1.29, 1.82) is 0 Å². The molecule has 1 N–H and O–H groups in total. The third-order valence-corrected chi connectivity index (χ3v) is 3.33. The van der Waals surface area contributed by atoms with Crippen LogP contribution in [0.25, 0.3) is 0 Å². The van der Waals surface area contributed by atoms with Crippen LogP contribution in [0.15, 0.2) is 18.2 Å². The molecule has 0 spiro atoms. The third-order valence-electron chi connectivity index (χ3n) is 3.01. The molecule has 0 aliphatic rings. The fraction of sp³-hybridized carbons (Fsp3) is 0.500. The molecule has 20 heavy (non-hydrogen) atoms. The summed E-state index contributed by atoms with van der Waals surface area (Å²) in [4.78, 5) is 12.1. The summed E-state index contributed by atoms with van der Waals surface area (Å²) in [7, 11) is 0. The highest BCUT2D eigenvalue weighted by atomic mass is 35.5. The fourth-order valence-electron chi connectivity index (χ4n) is 1.98. The van der Waals surface area contributed by atoms with Crippen molar-refractivity contribution in [2.45, 2.75) is 45.3 Å². The molecule has 1 aromatic rings. The van der Waals surface area contributed by atoms with Gasteiger partial charge in [-0.25, -0.2) is 0 Å². The maximum absolute atomic E-state index is 12.9. The maximum atomic E-state index is 12.9. The first-order valence-electron chi connectivity index (χ1n) is 6.47. The van der Waals surface area contributed by atoms with E-state index in [9.17, 15) is 18.0 Å². The highest BCUT2D eigenvalue weighted by Gasteiger charge is 2.36. The maximum Gasteiger partial charge on any atom is 0.417 e. The number of alkyl halides is 3. The van der Waals surface area contributed by atoms with E-state index < -0.39 is 23.2 Å². The molecule has 1 amide bonds. The van der Waals surface area contributed by atoms with Crippen LogP contribution in [0.3, 0.4) is 0 Å². The van der Waals surface area contributed by atoms with E-state index in [0.717, 1.165) is 12.5 Å². The molecule has 0 radical (unpaired) electrons. The Kier molecular flexibility index (Phi) is 5.87. The topological polar surface area (TPSA) is 29.1 Å². The summed E-state index contributed by atoms with van der Waals surface area (Å²) in [5, 5.41) is 2.42. The molecule has 6 heteroatoms. The number of carbonyl (C=O) groups excluding carboxylic acids is 1. The lowest BCUT2D eigenvalue weighted by Gasteiger charge is -2.19. The minimum atomic E-state index is -4.61.